The van der Waals surface area contributed by atoms with Crippen molar-refractivity contribution in [1.29, 1.82) is 0 Å². The lowest BCUT2D eigenvalue weighted by Crippen LogP contribution is -2.25. The van der Waals surface area contributed by atoms with Crippen molar-refractivity contribution in [2.45, 2.75) is 38.8 Å². The fraction of sp³-hybridized carbons (Fsp3) is 0.176. The number of carbonyl (C=O) groups is 1. The third-order valence-electron chi connectivity index (χ3n) is 8.00. The third kappa shape index (κ3) is 5.21. The van der Waals surface area contributed by atoms with Gasteiger partial charge in [-0.1, -0.05) is 29.8 Å². The Morgan fingerprint density at radius 3 is 2.29 bits per heavy atom. The standard InChI is InChI=1S/C34H27F3N2O5S/c1-4-44-34(41)27-18-39(30-12-9-24(35)14-28(30)36)32-20(3)31(29(37)15-26(32)33(27)40)21-7-8-22-16-38(17-23(22)13-21)45(42,43)25-10-5-19(2)6-11-25/h5-15,18H,4,16-17H2,1-3H3. The summed E-state index contributed by atoms with van der Waals surface area (Å²) in [5, 5.41) is -0.195. The topological polar surface area (TPSA) is 85.7 Å². The molecule has 0 unspecified atom stereocenters. The Morgan fingerprint density at radius 1 is 0.889 bits per heavy atom. The van der Waals surface area contributed by atoms with Crippen LogP contribution in [-0.2, 0) is 27.8 Å². The highest BCUT2D eigenvalue weighted by molar-refractivity contribution is 7.89. The van der Waals surface area contributed by atoms with Gasteiger partial charge >= 0.3 is 5.97 Å². The molecule has 0 saturated heterocycles. The van der Waals surface area contributed by atoms with Gasteiger partial charge in [0.15, 0.2) is 0 Å². The fourth-order valence-corrected chi connectivity index (χ4v) is 7.17. The van der Waals surface area contributed by atoms with Gasteiger partial charge in [0, 0.05) is 30.9 Å². The van der Waals surface area contributed by atoms with E-state index in [1.165, 1.54) is 8.87 Å². The van der Waals surface area contributed by atoms with E-state index in [0.717, 1.165) is 35.5 Å². The van der Waals surface area contributed by atoms with Crippen molar-refractivity contribution in [2.75, 3.05) is 6.61 Å². The van der Waals surface area contributed by atoms with E-state index in [9.17, 15) is 22.4 Å². The highest BCUT2D eigenvalue weighted by atomic mass is 32.2. The molecule has 0 atom stereocenters. The molecule has 6 rings (SSSR count). The Labute approximate surface area is 257 Å². The van der Waals surface area contributed by atoms with Gasteiger partial charge in [-0.2, -0.15) is 4.31 Å². The third-order valence-corrected chi connectivity index (χ3v) is 9.80. The van der Waals surface area contributed by atoms with Crippen molar-refractivity contribution in [3.05, 3.63) is 128 Å². The Morgan fingerprint density at radius 2 is 1.60 bits per heavy atom. The van der Waals surface area contributed by atoms with Crippen LogP contribution in [0, 0.1) is 31.3 Å². The van der Waals surface area contributed by atoms with E-state index in [1.807, 2.05) is 6.92 Å². The second-order valence-electron chi connectivity index (χ2n) is 10.9. The van der Waals surface area contributed by atoms with Crippen molar-refractivity contribution >= 4 is 26.9 Å². The molecule has 0 aliphatic carbocycles. The number of hydrogen-bond acceptors (Lipinski definition) is 5. The molecule has 2 heterocycles. The molecule has 0 fully saturated rings. The number of nitrogens with zero attached hydrogens (tertiary/aromatic N) is 2. The van der Waals surface area contributed by atoms with Gasteiger partial charge in [-0.25, -0.2) is 26.4 Å². The number of fused-ring (bicyclic) bond motifs is 2. The van der Waals surface area contributed by atoms with Gasteiger partial charge in [0.1, 0.15) is 23.0 Å². The summed E-state index contributed by atoms with van der Waals surface area (Å²) in [5.41, 5.74) is 1.84. The van der Waals surface area contributed by atoms with Crippen LogP contribution in [0.15, 0.2) is 82.6 Å². The minimum absolute atomic E-state index is 0.0321. The summed E-state index contributed by atoms with van der Waals surface area (Å²) in [5.74, 6) is -3.53. The molecule has 0 saturated carbocycles. The summed E-state index contributed by atoms with van der Waals surface area (Å²) in [7, 11) is -3.79. The molecular formula is C34H27F3N2O5S. The largest absolute Gasteiger partial charge is 0.462 e. The van der Waals surface area contributed by atoms with Crippen LogP contribution in [0.1, 0.15) is 39.5 Å². The summed E-state index contributed by atoms with van der Waals surface area (Å²) in [6, 6.07) is 15.5. The van der Waals surface area contributed by atoms with E-state index in [2.05, 4.69) is 0 Å². The smallest absolute Gasteiger partial charge is 0.343 e. The highest BCUT2D eigenvalue weighted by Gasteiger charge is 2.31. The molecule has 1 aliphatic heterocycles. The van der Waals surface area contributed by atoms with E-state index < -0.39 is 44.4 Å². The number of hydrogen-bond donors (Lipinski definition) is 0. The molecule has 0 spiro atoms. The first-order valence-electron chi connectivity index (χ1n) is 14.1. The molecule has 11 heteroatoms. The number of benzene rings is 4. The number of ether oxygens (including phenoxy) is 1. The Kier molecular flexibility index (Phi) is 7.62. The quantitative estimate of drug-likeness (QED) is 0.198. The van der Waals surface area contributed by atoms with Gasteiger partial charge in [-0.3, -0.25) is 4.79 Å². The van der Waals surface area contributed by atoms with Gasteiger partial charge in [0.25, 0.3) is 0 Å². The van der Waals surface area contributed by atoms with E-state index >= 15 is 8.78 Å². The van der Waals surface area contributed by atoms with E-state index in [-0.39, 0.29) is 52.3 Å². The number of esters is 1. The highest BCUT2D eigenvalue weighted by Crippen LogP contribution is 2.37. The molecular weight excluding hydrogens is 605 g/mol. The number of pyridine rings is 1. The average Bonchev–Trinajstić information content (AvgIpc) is 3.43. The molecule has 1 aromatic heterocycles. The normalized spacial score (nSPS) is 13.3. The van der Waals surface area contributed by atoms with Crippen molar-refractivity contribution in [3.63, 3.8) is 0 Å². The number of aromatic nitrogens is 1. The van der Waals surface area contributed by atoms with Crippen molar-refractivity contribution < 1.29 is 31.1 Å². The van der Waals surface area contributed by atoms with Crippen LogP contribution in [-0.4, -0.2) is 29.9 Å². The second kappa shape index (κ2) is 11.3. The molecule has 0 radical (unpaired) electrons. The fourth-order valence-electron chi connectivity index (χ4n) is 5.77. The van der Waals surface area contributed by atoms with E-state index in [0.29, 0.717) is 17.2 Å². The monoisotopic (exact) mass is 632 g/mol. The van der Waals surface area contributed by atoms with Crippen LogP contribution in [0.3, 0.4) is 0 Å². The van der Waals surface area contributed by atoms with Gasteiger partial charge in [-0.15, -0.1) is 0 Å². The van der Waals surface area contributed by atoms with Crippen LogP contribution < -0.4 is 5.43 Å². The predicted molar refractivity (Wildman–Crippen MR) is 163 cm³/mol. The minimum atomic E-state index is -3.79. The summed E-state index contributed by atoms with van der Waals surface area (Å²) in [6.07, 6.45) is 1.12. The maximum Gasteiger partial charge on any atom is 0.343 e. The first kappa shape index (κ1) is 30.3. The maximum absolute atomic E-state index is 16.0. The van der Waals surface area contributed by atoms with Crippen LogP contribution >= 0.6 is 0 Å². The summed E-state index contributed by atoms with van der Waals surface area (Å²) in [4.78, 5) is 26.3. The molecule has 0 bridgehead atoms. The van der Waals surface area contributed by atoms with Gasteiger partial charge in [-0.05, 0) is 79.4 Å². The lowest BCUT2D eigenvalue weighted by Gasteiger charge is -2.19. The van der Waals surface area contributed by atoms with Crippen molar-refractivity contribution in [2.24, 2.45) is 0 Å². The molecule has 5 aromatic rings. The predicted octanol–water partition coefficient (Wildman–Crippen LogP) is 6.57. The van der Waals surface area contributed by atoms with Gasteiger partial charge in [0.2, 0.25) is 15.5 Å². The Balaban J connectivity index is 1.50. The Hall–Kier alpha value is -4.74. The molecule has 1 aliphatic rings. The molecule has 45 heavy (non-hydrogen) atoms. The molecule has 4 aromatic carbocycles. The first-order valence-corrected chi connectivity index (χ1v) is 15.5. The zero-order valence-corrected chi connectivity index (χ0v) is 25.3. The van der Waals surface area contributed by atoms with Gasteiger partial charge < -0.3 is 9.30 Å². The number of halogens is 3. The number of rotatable bonds is 6. The molecule has 230 valence electrons. The SMILES string of the molecule is CCOC(=O)c1cn(-c2ccc(F)cc2F)c2c(C)c(-c3ccc4c(c3)CN(S(=O)(=O)c3ccc(C)cc3)C4)c(F)cc2c1=O. The maximum atomic E-state index is 16.0. The summed E-state index contributed by atoms with van der Waals surface area (Å²) < 4.78 is 79.2. The Bertz CT molecular complexity index is 2200. The van der Waals surface area contributed by atoms with Crippen molar-refractivity contribution in [3.8, 4) is 16.8 Å². The molecule has 0 N–H and O–H groups in total. The van der Waals surface area contributed by atoms with Crippen LogP contribution in [0.2, 0.25) is 0 Å². The van der Waals surface area contributed by atoms with Crippen LogP contribution in [0.4, 0.5) is 13.2 Å². The second-order valence-corrected chi connectivity index (χ2v) is 12.8. The number of carbonyl (C=O) groups excluding carboxylic acids is 1. The zero-order chi connectivity index (χ0) is 32.2. The van der Waals surface area contributed by atoms with E-state index in [4.69, 9.17) is 4.74 Å². The number of aryl methyl sites for hydroxylation is 2. The van der Waals surface area contributed by atoms with Crippen LogP contribution in [0.25, 0.3) is 27.7 Å². The summed E-state index contributed by atoms with van der Waals surface area (Å²) in [6.45, 7) is 5.17. The lowest BCUT2D eigenvalue weighted by molar-refractivity contribution is 0.0524. The minimum Gasteiger partial charge on any atom is -0.462 e. The first-order chi connectivity index (χ1) is 21.4. The lowest BCUT2D eigenvalue weighted by atomic mass is 9.94. The number of sulfonamides is 1. The average molecular weight is 633 g/mol. The van der Waals surface area contributed by atoms with Gasteiger partial charge in [0.05, 0.1) is 28.1 Å². The van der Waals surface area contributed by atoms with Crippen LogP contribution in [0.5, 0.6) is 0 Å². The van der Waals surface area contributed by atoms with Crippen molar-refractivity contribution in [1.82, 2.24) is 8.87 Å². The molecule has 7 nitrogen and oxygen atoms in total. The van der Waals surface area contributed by atoms with E-state index in [1.54, 1.807) is 56.3 Å². The molecule has 0 amide bonds. The summed E-state index contributed by atoms with van der Waals surface area (Å²) >= 11 is 0. The zero-order valence-electron chi connectivity index (χ0n) is 24.5.